The molecule has 3 aliphatic rings. The van der Waals surface area contributed by atoms with Crippen LogP contribution >= 0.6 is 0 Å². The average molecular weight is 374 g/mol. The predicted molar refractivity (Wildman–Crippen MR) is 104 cm³/mol. The van der Waals surface area contributed by atoms with Gasteiger partial charge in [-0.25, -0.2) is 0 Å². The van der Waals surface area contributed by atoms with Gasteiger partial charge in [-0.15, -0.1) is 0 Å². The minimum atomic E-state index is -0.342. The number of amides is 3. The van der Waals surface area contributed by atoms with Crippen molar-refractivity contribution in [3.8, 4) is 0 Å². The number of rotatable bonds is 2. The maximum absolute atomic E-state index is 13.3. The van der Waals surface area contributed by atoms with Crippen LogP contribution in [-0.2, 0) is 0 Å². The highest BCUT2D eigenvalue weighted by Crippen LogP contribution is 2.58. The lowest BCUT2D eigenvalue weighted by Crippen LogP contribution is -2.59. The Morgan fingerprint density at radius 2 is 1.64 bits per heavy atom. The Balaban J connectivity index is 1.49. The molecular weight excluding hydrogens is 352 g/mol. The second-order valence-electron chi connectivity index (χ2n) is 8.25. The Morgan fingerprint density at radius 3 is 2.36 bits per heavy atom. The molecule has 1 atom stereocenters. The van der Waals surface area contributed by atoms with Crippen LogP contribution in [0.15, 0.2) is 48.5 Å². The van der Waals surface area contributed by atoms with Gasteiger partial charge in [0.25, 0.3) is 17.7 Å². The third-order valence-electron chi connectivity index (χ3n) is 6.69. The second-order valence-corrected chi connectivity index (χ2v) is 8.25. The summed E-state index contributed by atoms with van der Waals surface area (Å²) in [6.07, 6.45) is 4.73. The number of carbonyl (C=O) groups excluding carboxylic acids is 3. The van der Waals surface area contributed by atoms with E-state index in [0.717, 1.165) is 24.3 Å². The largest absolute Gasteiger partial charge is 0.330 e. The maximum Gasteiger partial charge on any atom is 0.261 e. The molecule has 0 N–H and O–H groups in total. The van der Waals surface area contributed by atoms with Crippen molar-refractivity contribution < 1.29 is 14.4 Å². The quantitative estimate of drug-likeness (QED) is 0.754. The SMILES string of the molecule is CN1C(=O)c2ccc(C(=O)N3CC4(CCCC4)C3c3ccccc3)cc2C1=O. The molecule has 2 fully saturated rings. The van der Waals surface area contributed by atoms with E-state index >= 15 is 0 Å². The summed E-state index contributed by atoms with van der Waals surface area (Å²) in [7, 11) is 1.47. The Hall–Kier alpha value is -2.95. The molecule has 2 heterocycles. The maximum atomic E-state index is 13.3. The summed E-state index contributed by atoms with van der Waals surface area (Å²) >= 11 is 0. The molecule has 2 aromatic rings. The van der Waals surface area contributed by atoms with Crippen molar-refractivity contribution >= 4 is 17.7 Å². The Morgan fingerprint density at radius 1 is 0.964 bits per heavy atom. The highest BCUT2D eigenvalue weighted by atomic mass is 16.2. The van der Waals surface area contributed by atoms with Gasteiger partial charge in [0.2, 0.25) is 0 Å². The van der Waals surface area contributed by atoms with Gasteiger partial charge < -0.3 is 4.90 Å². The molecule has 5 rings (SSSR count). The number of carbonyl (C=O) groups is 3. The molecule has 0 aromatic heterocycles. The summed E-state index contributed by atoms with van der Waals surface area (Å²) in [5, 5.41) is 0. The lowest BCUT2D eigenvalue weighted by Gasteiger charge is -2.56. The molecule has 5 nitrogen and oxygen atoms in total. The average Bonchev–Trinajstić information content (AvgIpc) is 3.28. The molecule has 5 heteroatoms. The van der Waals surface area contributed by atoms with Crippen molar-refractivity contribution in [3.05, 3.63) is 70.8 Å². The number of fused-ring (bicyclic) bond motifs is 1. The van der Waals surface area contributed by atoms with Gasteiger partial charge in [0, 0.05) is 24.6 Å². The van der Waals surface area contributed by atoms with Gasteiger partial charge in [0.15, 0.2) is 0 Å². The lowest BCUT2D eigenvalue weighted by molar-refractivity contribution is -0.0511. The molecule has 2 aliphatic heterocycles. The number of nitrogens with zero attached hydrogens (tertiary/aromatic N) is 2. The van der Waals surface area contributed by atoms with Crippen LogP contribution in [0, 0.1) is 5.41 Å². The molecule has 1 unspecified atom stereocenters. The van der Waals surface area contributed by atoms with Crippen molar-refractivity contribution in [2.75, 3.05) is 13.6 Å². The molecule has 0 bridgehead atoms. The van der Waals surface area contributed by atoms with E-state index in [1.165, 1.54) is 25.5 Å². The first-order valence-electron chi connectivity index (χ1n) is 9.84. The molecule has 3 amide bonds. The van der Waals surface area contributed by atoms with Crippen molar-refractivity contribution in [2.24, 2.45) is 5.41 Å². The first kappa shape index (κ1) is 17.2. The van der Waals surface area contributed by atoms with Crippen molar-refractivity contribution in [1.82, 2.24) is 9.80 Å². The summed E-state index contributed by atoms with van der Waals surface area (Å²) < 4.78 is 0. The zero-order chi connectivity index (χ0) is 19.5. The molecular formula is C23H22N2O3. The van der Waals surface area contributed by atoms with E-state index in [1.807, 2.05) is 23.1 Å². The summed E-state index contributed by atoms with van der Waals surface area (Å²) in [6.45, 7) is 0.759. The van der Waals surface area contributed by atoms with Crippen LogP contribution in [-0.4, -0.2) is 41.1 Å². The molecule has 142 valence electrons. The molecule has 1 spiro atoms. The normalized spacial score (nSPS) is 22.5. The first-order chi connectivity index (χ1) is 13.5. The van der Waals surface area contributed by atoms with E-state index in [-0.39, 0.29) is 29.2 Å². The van der Waals surface area contributed by atoms with E-state index < -0.39 is 0 Å². The number of hydrogen-bond acceptors (Lipinski definition) is 3. The fraction of sp³-hybridized carbons (Fsp3) is 0.348. The summed E-state index contributed by atoms with van der Waals surface area (Å²) in [5.41, 5.74) is 2.53. The van der Waals surface area contributed by atoms with Crippen LogP contribution < -0.4 is 0 Å². The van der Waals surface area contributed by atoms with E-state index in [1.54, 1.807) is 18.2 Å². The molecule has 1 saturated heterocycles. The van der Waals surface area contributed by atoms with E-state index in [0.29, 0.717) is 16.7 Å². The van der Waals surface area contributed by atoms with Gasteiger partial charge in [-0.1, -0.05) is 43.2 Å². The third-order valence-corrected chi connectivity index (χ3v) is 6.69. The van der Waals surface area contributed by atoms with Gasteiger partial charge >= 0.3 is 0 Å². The van der Waals surface area contributed by atoms with Crippen LogP contribution in [0.5, 0.6) is 0 Å². The van der Waals surface area contributed by atoms with Crippen molar-refractivity contribution in [1.29, 1.82) is 0 Å². The minimum Gasteiger partial charge on any atom is -0.330 e. The molecule has 1 aliphatic carbocycles. The molecule has 28 heavy (non-hydrogen) atoms. The summed E-state index contributed by atoms with van der Waals surface area (Å²) in [4.78, 5) is 40.8. The topological polar surface area (TPSA) is 57.7 Å². The van der Waals surface area contributed by atoms with Crippen LogP contribution in [0.3, 0.4) is 0 Å². The number of benzene rings is 2. The van der Waals surface area contributed by atoms with Crippen LogP contribution in [0.4, 0.5) is 0 Å². The summed E-state index contributed by atoms with van der Waals surface area (Å²) in [6, 6.07) is 15.2. The predicted octanol–water partition coefficient (Wildman–Crippen LogP) is 3.67. The Labute approximate surface area is 163 Å². The van der Waals surface area contributed by atoms with Crippen molar-refractivity contribution in [3.63, 3.8) is 0 Å². The first-order valence-corrected chi connectivity index (χ1v) is 9.84. The van der Waals surface area contributed by atoms with Crippen LogP contribution in [0.1, 0.15) is 68.4 Å². The van der Waals surface area contributed by atoms with Crippen molar-refractivity contribution in [2.45, 2.75) is 31.7 Å². The molecule has 1 saturated carbocycles. The smallest absolute Gasteiger partial charge is 0.261 e. The summed E-state index contributed by atoms with van der Waals surface area (Å²) in [5.74, 6) is -0.718. The van der Waals surface area contributed by atoms with Crippen LogP contribution in [0.25, 0.3) is 0 Å². The van der Waals surface area contributed by atoms with E-state index in [4.69, 9.17) is 0 Å². The number of hydrogen-bond donors (Lipinski definition) is 0. The van der Waals surface area contributed by atoms with Gasteiger partial charge in [-0.2, -0.15) is 0 Å². The molecule has 2 aromatic carbocycles. The zero-order valence-corrected chi connectivity index (χ0v) is 15.9. The highest BCUT2D eigenvalue weighted by molar-refractivity contribution is 6.21. The molecule has 0 radical (unpaired) electrons. The van der Waals surface area contributed by atoms with Gasteiger partial charge in [-0.05, 0) is 36.6 Å². The van der Waals surface area contributed by atoms with Gasteiger partial charge in [0.05, 0.1) is 17.2 Å². The van der Waals surface area contributed by atoms with Gasteiger partial charge in [-0.3, -0.25) is 19.3 Å². The minimum absolute atomic E-state index is 0.0658. The number of imide groups is 1. The lowest BCUT2D eigenvalue weighted by atomic mass is 9.67. The monoisotopic (exact) mass is 374 g/mol. The third kappa shape index (κ3) is 2.28. The Bertz CT molecular complexity index is 992. The van der Waals surface area contributed by atoms with E-state index in [9.17, 15) is 14.4 Å². The van der Waals surface area contributed by atoms with Crippen LogP contribution in [0.2, 0.25) is 0 Å². The highest BCUT2D eigenvalue weighted by Gasteiger charge is 2.55. The zero-order valence-electron chi connectivity index (χ0n) is 15.9. The van der Waals surface area contributed by atoms with Gasteiger partial charge in [0.1, 0.15) is 0 Å². The number of likely N-dealkylation sites (tertiary alicyclic amines) is 1. The van der Waals surface area contributed by atoms with E-state index in [2.05, 4.69) is 12.1 Å². The standard InChI is InChI=1S/C23H22N2O3/c1-24-21(27)17-10-9-16(13-18(17)22(24)28)20(26)25-14-23(11-5-6-12-23)19(25)15-7-3-2-4-8-15/h2-4,7-10,13,19H,5-6,11-12,14H2,1H3. The second kappa shape index (κ2) is 6.03. The Kier molecular flexibility index (Phi) is 3.69. The fourth-order valence-electron chi connectivity index (χ4n) is 5.26. The fourth-order valence-corrected chi connectivity index (χ4v) is 5.26.